The zero-order chi connectivity index (χ0) is 11.6. The van der Waals surface area contributed by atoms with Crippen LogP contribution in [-0.2, 0) is 0 Å². The molecule has 1 N–H and O–H groups in total. The van der Waals surface area contributed by atoms with Crippen molar-refractivity contribution in [3.63, 3.8) is 0 Å². The Bertz CT molecular complexity index is 345. The summed E-state index contributed by atoms with van der Waals surface area (Å²) in [6.45, 7) is 4.55. The predicted octanol–water partition coefficient (Wildman–Crippen LogP) is 2.99. The van der Waals surface area contributed by atoms with Crippen LogP contribution in [0.15, 0.2) is 18.2 Å². The second-order valence-corrected chi connectivity index (χ2v) is 5.04. The van der Waals surface area contributed by atoms with Crippen LogP contribution in [0.1, 0.15) is 36.8 Å². The number of aryl methyl sites for hydroxylation is 2. The highest BCUT2D eigenvalue weighted by Crippen LogP contribution is 2.30. The van der Waals surface area contributed by atoms with Gasteiger partial charge in [0.05, 0.1) is 5.60 Å². The highest BCUT2D eigenvalue weighted by molar-refractivity contribution is 5.33. The molecule has 1 saturated carbocycles. The summed E-state index contributed by atoms with van der Waals surface area (Å²) in [5.74, 6) is 0.873. The van der Waals surface area contributed by atoms with Crippen LogP contribution in [0.4, 0.5) is 0 Å². The molecule has 0 unspecified atom stereocenters. The monoisotopic (exact) mass is 220 g/mol. The lowest BCUT2D eigenvalue weighted by molar-refractivity contribution is 0.00137. The maximum Gasteiger partial charge on any atom is 0.119 e. The zero-order valence-electron chi connectivity index (χ0n) is 10.1. The van der Waals surface area contributed by atoms with Crippen LogP contribution >= 0.6 is 0 Å². The van der Waals surface area contributed by atoms with Crippen LogP contribution in [0, 0.1) is 13.8 Å². The van der Waals surface area contributed by atoms with E-state index in [2.05, 4.69) is 19.9 Å². The van der Waals surface area contributed by atoms with Crippen molar-refractivity contribution in [3.8, 4) is 5.75 Å². The Labute approximate surface area is 97.3 Å². The fraction of sp³-hybridized carbons (Fsp3) is 0.571. The average molecular weight is 220 g/mol. The first-order valence-corrected chi connectivity index (χ1v) is 6.01. The van der Waals surface area contributed by atoms with E-state index in [4.69, 9.17) is 4.74 Å². The molecule has 1 aromatic carbocycles. The fourth-order valence-corrected chi connectivity index (χ4v) is 2.41. The van der Waals surface area contributed by atoms with Gasteiger partial charge in [-0.1, -0.05) is 18.9 Å². The van der Waals surface area contributed by atoms with E-state index in [1.807, 2.05) is 12.1 Å². The Morgan fingerprint density at radius 2 is 1.69 bits per heavy atom. The van der Waals surface area contributed by atoms with Gasteiger partial charge in [-0.15, -0.1) is 0 Å². The number of hydrogen-bond acceptors (Lipinski definition) is 2. The third-order valence-corrected chi connectivity index (χ3v) is 3.24. The molecule has 2 heteroatoms. The van der Waals surface area contributed by atoms with Crippen molar-refractivity contribution in [2.75, 3.05) is 6.61 Å². The first kappa shape index (κ1) is 11.5. The van der Waals surface area contributed by atoms with E-state index >= 15 is 0 Å². The van der Waals surface area contributed by atoms with Crippen LogP contribution < -0.4 is 4.74 Å². The van der Waals surface area contributed by atoms with Gasteiger partial charge in [0.2, 0.25) is 0 Å². The zero-order valence-corrected chi connectivity index (χ0v) is 10.1. The number of hydrogen-bond donors (Lipinski definition) is 1. The maximum atomic E-state index is 10.2. The van der Waals surface area contributed by atoms with Gasteiger partial charge in [-0.2, -0.15) is 0 Å². The van der Waals surface area contributed by atoms with Crippen molar-refractivity contribution in [2.24, 2.45) is 0 Å². The van der Waals surface area contributed by atoms with Gasteiger partial charge in [-0.3, -0.25) is 0 Å². The minimum atomic E-state index is -0.586. The third kappa shape index (κ3) is 2.76. The number of benzene rings is 1. The molecule has 1 fully saturated rings. The largest absolute Gasteiger partial charge is 0.491 e. The van der Waals surface area contributed by atoms with Crippen molar-refractivity contribution >= 4 is 0 Å². The van der Waals surface area contributed by atoms with E-state index in [-0.39, 0.29) is 0 Å². The van der Waals surface area contributed by atoms with E-state index in [0.29, 0.717) is 6.61 Å². The molecule has 0 aliphatic heterocycles. The minimum Gasteiger partial charge on any atom is -0.491 e. The Morgan fingerprint density at radius 1 is 1.12 bits per heavy atom. The van der Waals surface area contributed by atoms with Crippen LogP contribution in [0.3, 0.4) is 0 Å². The lowest BCUT2D eigenvalue weighted by atomic mass is 10.0. The topological polar surface area (TPSA) is 29.5 Å². The fourth-order valence-electron chi connectivity index (χ4n) is 2.41. The van der Waals surface area contributed by atoms with E-state index in [1.54, 1.807) is 0 Å². The van der Waals surface area contributed by atoms with Crippen molar-refractivity contribution in [1.29, 1.82) is 0 Å². The number of ether oxygens (including phenoxy) is 1. The lowest BCUT2D eigenvalue weighted by Crippen LogP contribution is -2.32. The van der Waals surface area contributed by atoms with Crippen molar-refractivity contribution in [2.45, 2.75) is 45.1 Å². The second-order valence-electron chi connectivity index (χ2n) is 5.04. The van der Waals surface area contributed by atoms with Crippen LogP contribution in [0.5, 0.6) is 5.75 Å². The van der Waals surface area contributed by atoms with Gasteiger partial charge in [-0.05, 0) is 49.9 Å². The first-order chi connectivity index (χ1) is 7.57. The predicted molar refractivity (Wildman–Crippen MR) is 64.8 cm³/mol. The van der Waals surface area contributed by atoms with E-state index < -0.39 is 5.60 Å². The highest BCUT2D eigenvalue weighted by atomic mass is 16.5. The summed E-state index contributed by atoms with van der Waals surface area (Å²) in [6, 6.07) is 6.16. The van der Waals surface area contributed by atoms with E-state index in [0.717, 1.165) is 31.4 Å². The molecule has 0 spiro atoms. The molecular formula is C14H20O2. The van der Waals surface area contributed by atoms with Crippen LogP contribution in [-0.4, -0.2) is 17.3 Å². The quantitative estimate of drug-likeness (QED) is 0.848. The van der Waals surface area contributed by atoms with Gasteiger partial charge in [0.1, 0.15) is 12.4 Å². The smallest absolute Gasteiger partial charge is 0.119 e. The third-order valence-electron chi connectivity index (χ3n) is 3.24. The molecule has 0 atom stereocenters. The molecule has 2 rings (SSSR count). The second kappa shape index (κ2) is 4.46. The molecule has 0 radical (unpaired) electrons. The summed E-state index contributed by atoms with van der Waals surface area (Å²) < 4.78 is 5.70. The van der Waals surface area contributed by atoms with Crippen molar-refractivity contribution < 1.29 is 9.84 Å². The Hall–Kier alpha value is -1.02. The molecule has 1 aliphatic rings. The standard InChI is InChI=1S/C14H20O2/c1-11-7-12(2)9-13(8-11)16-10-14(15)5-3-4-6-14/h7-9,15H,3-6,10H2,1-2H3. The molecular weight excluding hydrogens is 200 g/mol. The highest BCUT2D eigenvalue weighted by Gasteiger charge is 2.31. The molecule has 1 aliphatic carbocycles. The summed E-state index contributed by atoms with van der Waals surface area (Å²) in [4.78, 5) is 0. The van der Waals surface area contributed by atoms with Crippen molar-refractivity contribution in [1.82, 2.24) is 0 Å². The normalized spacial score (nSPS) is 18.7. The molecule has 0 saturated heterocycles. The molecule has 2 nitrogen and oxygen atoms in total. The molecule has 0 heterocycles. The average Bonchev–Trinajstić information content (AvgIpc) is 2.62. The maximum absolute atomic E-state index is 10.2. The van der Waals surface area contributed by atoms with Crippen LogP contribution in [0.2, 0.25) is 0 Å². The summed E-state index contributed by atoms with van der Waals surface area (Å²) in [7, 11) is 0. The van der Waals surface area contributed by atoms with Crippen LogP contribution in [0.25, 0.3) is 0 Å². The minimum absolute atomic E-state index is 0.426. The number of aliphatic hydroxyl groups is 1. The molecule has 0 bridgehead atoms. The lowest BCUT2D eigenvalue weighted by Gasteiger charge is -2.22. The summed E-state index contributed by atoms with van der Waals surface area (Å²) in [5, 5.41) is 10.2. The Balaban J connectivity index is 1.98. The number of rotatable bonds is 3. The molecule has 0 amide bonds. The molecule has 16 heavy (non-hydrogen) atoms. The van der Waals surface area contributed by atoms with Crippen molar-refractivity contribution in [3.05, 3.63) is 29.3 Å². The first-order valence-electron chi connectivity index (χ1n) is 6.01. The summed E-state index contributed by atoms with van der Waals surface area (Å²) in [5.41, 5.74) is 1.82. The SMILES string of the molecule is Cc1cc(C)cc(OCC2(O)CCCC2)c1. The van der Waals surface area contributed by atoms with E-state index in [1.165, 1.54) is 11.1 Å². The molecule has 0 aromatic heterocycles. The van der Waals surface area contributed by atoms with Gasteiger partial charge in [0, 0.05) is 0 Å². The van der Waals surface area contributed by atoms with Gasteiger partial charge in [-0.25, -0.2) is 0 Å². The van der Waals surface area contributed by atoms with Gasteiger partial charge >= 0.3 is 0 Å². The summed E-state index contributed by atoms with van der Waals surface area (Å²) >= 11 is 0. The van der Waals surface area contributed by atoms with Gasteiger partial charge in [0.25, 0.3) is 0 Å². The van der Waals surface area contributed by atoms with E-state index in [9.17, 15) is 5.11 Å². The van der Waals surface area contributed by atoms with Gasteiger partial charge < -0.3 is 9.84 Å². The van der Waals surface area contributed by atoms with Gasteiger partial charge in [0.15, 0.2) is 0 Å². The Kier molecular flexibility index (Phi) is 3.20. The molecule has 1 aromatic rings. The summed E-state index contributed by atoms with van der Waals surface area (Å²) in [6.07, 6.45) is 3.98. The molecule has 88 valence electrons. The Morgan fingerprint density at radius 3 is 2.25 bits per heavy atom.